The average molecular weight is 487 g/mol. The van der Waals surface area contributed by atoms with E-state index in [-0.39, 0.29) is 28.2 Å². The van der Waals surface area contributed by atoms with Gasteiger partial charge in [-0.15, -0.1) is 0 Å². The number of carbonyl (C=O) groups excluding carboxylic acids is 2. The third-order valence-electron chi connectivity index (χ3n) is 8.10. The minimum absolute atomic E-state index is 0.00891. The highest BCUT2D eigenvalue weighted by Gasteiger charge is 2.51. The topological polar surface area (TPSA) is 61.8 Å². The highest BCUT2D eigenvalue weighted by molar-refractivity contribution is 8.30. The standard InChI is InChI=1S/C28H38O5S/c1-17(29)31-19-9-10-20-21-13-14-28(6)24(11-12-26(28)32-18(2)30)22(21)16-25(23(20)15-19)33-34(7,8)27(3,4)5/h9-10,15-16,24,26H,11-14H2,1-8H3/t24?,26-,28?/m0/s1. The Morgan fingerprint density at radius 2 is 1.74 bits per heavy atom. The van der Waals surface area contributed by atoms with Gasteiger partial charge in [-0.25, -0.2) is 0 Å². The summed E-state index contributed by atoms with van der Waals surface area (Å²) in [5, 5.41) is 2.14. The van der Waals surface area contributed by atoms with E-state index in [4.69, 9.17) is 13.7 Å². The maximum absolute atomic E-state index is 11.8. The van der Waals surface area contributed by atoms with Crippen LogP contribution in [0.3, 0.4) is 0 Å². The summed E-state index contributed by atoms with van der Waals surface area (Å²) in [4.78, 5) is 23.4. The summed E-state index contributed by atoms with van der Waals surface area (Å²) in [6, 6.07) is 8.11. The van der Waals surface area contributed by atoms with E-state index in [1.54, 1.807) is 0 Å². The van der Waals surface area contributed by atoms with Crippen molar-refractivity contribution in [1.29, 1.82) is 0 Å². The number of aryl methyl sites for hydroxylation is 1. The van der Waals surface area contributed by atoms with E-state index in [9.17, 15) is 9.59 Å². The molecule has 0 radical (unpaired) electrons. The molecule has 0 aliphatic heterocycles. The van der Waals surface area contributed by atoms with E-state index < -0.39 is 10.3 Å². The zero-order valence-electron chi connectivity index (χ0n) is 21.7. The zero-order valence-corrected chi connectivity index (χ0v) is 22.6. The smallest absolute Gasteiger partial charge is 0.308 e. The summed E-state index contributed by atoms with van der Waals surface area (Å²) >= 11 is 0. The first-order valence-corrected chi connectivity index (χ1v) is 14.5. The molecule has 0 saturated heterocycles. The van der Waals surface area contributed by atoms with Gasteiger partial charge in [0.2, 0.25) is 0 Å². The largest absolute Gasteiger partial charge is 0.462 e. The van der Waals surface area contributed by atoms with Crippen LogP contribution in [0.15, 0.2) is 24.3 Å². The summed E-state index contributed by atoms with van der Waals surface area (Å²) in [5.41, 5.74) is 2.58. The van der Waals surface area contributed by atoms with Gasteiger partial charge in [-0.3, -0.25) is 9.59 Å². The monoisotopic (exact) mass is 486 g/mol. The highest BCUT2D eigenvalue weighted by atomic mass is 32.3. The lowest BCUT2D eigenvalue weighted by molar-refractivity contribution is -0.152. The van der Waals surface area contributed by atoms with Gasteiger partial charge in [-0.2, -0.15) is 0 Å². The number of esters is 2. The summed E-state index contributed by atoms with van der Waals surface area (Å²) in [7, 11) is -1.45. The average Bonchev–Trinajstić information content (AvgIpc) is 3.02. The van der Waals surface area contributed by atoms with Gasteiger partial charge in [0.25, 0.3) is 0 Å². The molecule has 2 aromatic rings. The van der Waals surface area contributed by atoms with Gasteiger partial charge in [0.15, 0.2) is 0 Å². The molecule has 186 valence electrons. The van der Waals surface area contributed by atoms with E-state index in [0.29, 0.717) is 11.7 Å². The molecule has 3 atom stereocenters. The van der Waals surface area contributed by atoms with Crippen LogP contribution in [0.5, 0.6) is 11.5 Å². The molecule has 1 fully saturated rings. The number of rotatable bonds is 4. The molecule has 0 bridgehead atoms. The fraction of sp³-hybridized carbons (Fsp3) is 0.571. The van der Waals surface area contributed by atoms with Crippen molar-refractivity contribution in [2.24, 2.45) is 5.41 Å². The third-order valence-corrected chi connectivity index (χ3v) is 11.6. The highest BCUT2D eigenvalue weighted by Crippen LogP contribution is 2.60. The van der Waals surface area contributed by atoms with Crippen LogP contribution in [-0.4, -0.2) is 35.3 Å². The summed E-state index contributed by atoms with van der Waals surface area (Å²) < 4.78 is 18.0. The molecule has 5 nitrogen and oxygen atoms in total. The van der Waals surface area contributed by atoms with Gasteiger partial charge in [0.05, 0.1) is 0 Å². The molecule has 0 aromatic heterocycles. The molecule has 2 aliphatic rings. The van der Waals surface area contributed by atoms with Gasteiger partial charge in [0.1, 0.15) is 17.6 Å². The van der Waals surface area contributed by atoms with E-state index in [1.165, 1.54) is 25.0 Å². The molecule has 0 spiro atoms. The quantitative estimate of drug-likeness (QED) is 0.356. The Balaban J connectivity index is 1.88. The van der Waals surface area contributed by atoms with Crippen LogP contribution in [0.2, 0.25) is 0 Å². The maximum atomic E-state index is 11.8. The maximum Gasteiger partial charge on any atom is 0.308 e. The van der Waals surface area contributed by atoms with E-state index in [2.05, 4.69) is 52.3 Å². The van der Waals surface area contributed by atoms with Crippen LogP contribution in [0.4, 0.5) is 0 Å². The second-order valence-electron chi connectivity index (χ2n) is 11.4. The number of benzene rings is 2. The lowest BCUT2D eigenvalue weighted by Gasteiger charge is -2.45. The second-order valence-corrected chi connectivity index (χ2v) is 15.3. The molecule has 0 amide bonds. The summed E-state index contributed by atoms with van der Waals surface area (Å²) in [6.07, 6.45) is 8.12. The molecule has 1 saturated carbocycles. The molecule has 2 unspecified atom stereocenters. The summed E-state index contributed by atoms with van der Waals surface area (Å²) in [6.45, 7) is 11.8. The molecular weight excluding hydrogens is 448 g/mol. The van der Waals surface area contributed by atoms with Crippen LogP contribution in [0.25, 0.3) is 10.8 Å². The van der Waals surface area contributed by atoms with Crippen molar-refractivity contribution >= 4 is 33.0 Å². The SMILES string of the molecule is CC(=O)Oc1ccc2c3c(cc(OS(C)(C)C(C)(C)C)c2c1)C1CC[C@H](OC(C)=O)C1(C)CC3. The fourth-order valence-corrected chi connectivity index (χ4v) is 6.36. The third kappa shape index (κ3) is 4.30. The normalized spacial score (nSPS) is 24.8. The number of carbonyl (C=O) groups is 2. The number of hydrogen-bond acceptors (Lipinski definition) is 5. The van der Waals surface area contributed by atoms with Crippen molar-refractivity contribution in [1.82, 2.24) is 0 Å². The molecule has 0 heterocycles. The lowest BCUT2D eigenvalue weighted by atomic mass is 9.65. The van der Waals surface area contributed by atoms with Crippen LogP contribution < -0.4 is 8.92 Å². The van der Waals surface area contributed by atoms with Crippen molar-refractivity contribution in [3.05, 3.63) is 35.4 Å². The molecule has 0 N–H and O–H groups in total. The number of ether oxygens (including phenoxy) is 2. The Labute approximate surface area is 205 Å². The lowest BCUT2D eigenvalue weighted by Crippen LogP contribution is -2.37. The van der Waals surface area contributed by atoms with Crippen LogP contribution in [0, 0.1) is 5.41 Å². The van der Waals surface area contributed by atoms with Gasteiger partial charge < -0.3 is 13.7 Å². The Hall–Kier alpha value is -2.21. The van der Waals surface area contributed by atoms with Crippen molar-refractivity contribution in [2.75, 3.05) is 12.5 Å². The van der Waals surface area contributed by atoms with Crippen molar-refractivity contribution in [2.45, 2.75) is 84.0 Å². The van der Waals surface area contributed by atoms with Gasteiger partial charge >= 0.3 is 11.9 Å². The Bertz CT molecular complexity index is 1150. The first kappa shape index (κ1) is 24.9. The first-order chi connectivity index (χ1) is 15.7. The van der Waals surface area contributed by atoms with E-state index in [0.717, 1.165) is 42.2 Å². The van der Waals surface area contributed by atoms with Crippen molar-refractivity contribution in [3.8, 4) is 11.5 Å². The van der Waals surface area contributed by atoms with Gasteiger partial charge in [-0.05, 0) is 99.6 Å². The molecule has 34 heavy (non-hydrogen) atoms. The first-order valence-electron chi connectivity index (χ1n) is 12.1. The van der Waals surface area contributed by atoms with Crippen molar-refractivity contribution in [3.63, 3.8) is 0 Å². The van der Waals surface area contributed by atoms with Crippen molar-refractivity contribution < 1.29 is 23.2 Å². The second kappa shape index (κ2) is 8.47. The van der Waals surface area contributed by atoms with E-state index in [1.807, 2.05) is 12.1 Å². The number of hydrogen-bond donors (Lipinski definition) is 0. The minimum atomic E-state index is -1.45. The predicted molar refractivity (Wildman–Crippen MR) is 139 cm³/mol. The number of fused-ring (bicyclic) bond motifs is 5. The van der Waals surface area contributed by atoms with Gasteiger partial charge in [0, 0.05) is 29.4 Å². The molecule has 2 aliphatic carbocycles. The van der Waals surface area contributed by atoms with Crippen LogP contribution in [0.1, 0.15) is 77.8 Å². The Morgan fingerprint density at radius 1 is 1.03 bits per heavy atom. The Kier molecular flexibility index (Phi) is 6.20. The molecule has 6 heteroatoms. The zero-order chi connectivity index (χ0) is 25.1. The molecular formula is C28H38O5S. The molecule has 2 aromatic carbocycles. The predicted octanol–water partition coefficient (Wildman–Crippen LogP) is 6.68. The van der Waals surface area contributed by atoms with E-state index >= 15 is 0 Å². The van der Waals surface area contributed by atoms with Gasteiger partial charge in [-0.1, -0.05) is 23.3 Å². The fourth-order valence-electron chi connectivity index (χ4n) is 5.53. The Morgan fingerprint density at radius 3 is 2.35 bits per heavy atom. The minimum Gasteiger partial charge on any atom is -0.462 e. The van der Waals surface area contributed by atoms with Crippen LogP contribution >= 0.6 is 10.3 Å². The van der Waals surface area contributed by atoms with Crippen LogP contribution in [-0.2, 0) is 20.7 Å². The molecule has 4 rings (SSSR count). The summed E-state index contributed by atoms with van der Waals surface area (Å²) in [5.74, 6) is 1.16.